The van der Waals surface area contributed by atoms with Gasteiger partial charge in [-0.15, -0.1) is 11.3 Å². The minimum Gasteiger partial charge on any atom is -0.377 e. The standard InChI is InChI=1S/C13H14BrClN2S/c1-7-4-11(9(3)18-7)8(2)17-10-5-12(14)13(15)16-6-10/h4-6,8,17H,1-3H3. The van der Waals surface area contributed by atoms with Crippen LogP contribution in [0.25, 0.3) is 0 Å². The van der Waals surface area contributed by atoms with Crippen LogP contribution in [0.2, 0.25) is 5.15 Å². The molecule has 0 saturated carbocycles. The molecule has 96 valence electrons. The van der Waals surface area contributed by atoms with E-state index in [1.807, 2.05) is 17.4 Å². The summed E-state index contributed by atoms with van der Waals surface area (Å²) in [6.07, 6.45) is 1.75. The summed E-state index contributed by atoms with van der Waals surface area (Å²) in [4.78, 5) is 6.81. The van der Waals surface area contributed by atoms with Crippen molar-refractivity contribution in [3.63, 3.8) is 0 Å². The van der Waals surface area contributed by atoms with Crippen LogP contribution in [0.3, 0.4) is 0 Å². The highest BCUT2D eigenvalue weighted by Crippen LogP contribution is 2.30. The van der Waals surface area contributed by atoms with Crippen LogP contribution in [0.1, 0.15) is 28.3 Å². The highest BCUT2D eigenvalue weighted by molar-refractivity contribution is 9.10. The zero-order valence-electron chi connectivity index (χ0n) is 10.4. The molecule has 5 heteroatoms. The molecule has 2 heterocycles. The molecule has 2 nitrogen and oxygen atoms in total. The number of hydrogen-bond donors (Lipinski definition) is 1. The molecule has 0 bridgehead atoms. The molecule has 1 unspecified atom stereocenters. The zero-order valence-corrected chi connectivity index (χ0v) is 13.6. The van der Waals surface area contributed by atoms with Gasteiger partial charge in [-0.05, 0) is 54.4 Å². The lowest BCUT2D eigenvalue weighted by molar-refractivity contribution is 0.879. The first-order valence-corrected chi connectivity index (χ1v) is 7.60. The molecule has 2 rings (SSSR count). The second-order valence-electron chi connectivity index (χ2n) is 4.23. The van der Waals surface area contributed by atoms with Gasteiger partial charge in [-0.3, -0.25) is 0 Å². The molecule has 0 saturated heterocycles. The second-order valence-corrected chi connectivity index (χ2v) is 6.90. The molecule has 0 fully saturated rings. The number of thiophene rings is 1. The molecular formula is C13H14BrClN2S. The average Bonchev–Trinajstić information content (AvgIpc) is 2.63. The van der Waals surface area contributed by atoms with Gasteiger partial charge in [0.1, 0.15) is 5.15 Å². The maximum Gasteiger partial charge on any atom is 0.143 e. The summed E-state index contributed by atoms with van der Waals surface area (Å²) in [6, 6.07) is 4.43. The molecule has 0 spiro atoms. The summed E-state index contributed by atoms with van der Waals surface area (Å²) in [5.41, 5.74) is 2.30. The first-order chi connectivity index (χ1) is 8.47. The molecule has 1 atom stereocenters. The van der Waals surface area contributed by atoms with Crippen LogP contribution in [0.5, 0.6) is 0 Å². The van der Waals surface area contributed by atoms with E-state index in [1.54, 1.807) is 6.20 Å². The van der Waals surface area contributed by atoms with Crippen molar-refractivity contribution in [3.05, 3.63) is 43.3 Å². The van der Waals surface area contributed by atoms with Crippen LogP contribution in [0, 0.1) is 13.8 Å². The number of pyridine rings is 1. The summed E-state index contributed by atoms with van der Waals surface area (Å²) in [5.74, 6) is 0. The molecule has 2 aromatic heterocycles. The minimum atomic E-state index is 0.254. The SMILES string of the molecule is Cc1cc(C(C)Nc2cnc(Cl)c(Br)c2)c(C)s1. The number of halogens is 2. The number of aryl methyl sites for hydroxylation is 2. The van der Waals surface area contributed by atoms with Crippen molar-refractivity contribution in [3.8, 4) is 0 Å². The number of hydrogen-bond acceptors (Lipinski definition) is 3. The number of nitrogens with zero attached hydrogens (tertiary/aromatic N) is 1. The molecule has 0 amide bonds. The van der Waals surface area contributed by atoms with Crippen LogP contribution in [-0.4, -0.2) is 4.98 Å². The summed E-state index contributed by atoms with van der Waals surface area (Å²) >= 11 is 11.1. The molecule has 1 N–H and O–H groups in total. The third kappa shape index (κ3) is 3.05. The summed E-state index contributed by atoms with van der Waals surface area (Å²) in [5, 5.41) is 3.92. The van der Waals surface area contributed by atoms with E-state index in [-0.39, 0.29) is 6.04 Å². The lowest BCUT2D eigenvalue weighted by Gasteiger charge is -2.15. The second kappa shape index (κ2) is 5.59. The van der Waals surface area contributed by atoms with Crippen molar-refractivity contribution in [1.29, 1.82) is 0 Å². The Morgan fingerprint density at radius 3 is 2.67 bits per heavy atom. The lowest BCUT2D eigenvalue weighted by atomic mass is 10.1. The van der Waals surface area contributed by atoms with Gasteiger partial charge in [-0.2, -0.15) is 0 Å². The summed E-state index contributed by atoms with van der Waals surface area (Å²) < 4.78 is 0.805. The predicted octanol–water partition coefficient (Wildman–Crippen LogP) is 5.35. The van der Waals surface area contributed by atoms with Gasteiger partial charge in [0.05, 0.1) is 16.4 Å². The molecular weight excluding hydrogens is 332 g/mol. The highest BCUT2D eigenvalue weighted by Gasteiger charge is 2.11. The Kier molecular flexibility index (Phi) is 4.30. The minimum absolute atomic E-state index is 0.254. The Hall–Kier alpha value is -0.580. The molecule has 0 aliphatic rings. The van der Waals surface area contributed by atoms with Crippen LogP contribution in [-0.2, 0) is 0 Å². The van der Waals surface area contributed by atoms with Crippen molar-refractivity contribution in [2.75, 3.05) is 5.32 Å². The fraction of sp³-hybridized carbons (Fsp3) is 0.308. The maximum atomic E-state index is 5.88. The zero-order chi connectivity index (χ0) is 13.3. The topological polar surface area (TPSA) is 24.9 Å². The van der Waals surface area contributed by atoms with Crippen LogP contribution in [0.15, 0.2) is 22.8 Å². The molecule has 0 radical (unpaired) electrons. The first kappa shape index (κ1) is 13.8. The van der Waals surface area contributed by atoms with Crippen LogP contribution >= 0.6 is 38.9 Å². The van der Waals surface area contributed by atoms with E-state index in [0.29, 0.717) is 5.15 Å². The number of anilines is 1. The Labute approximate surface area is 125 Å². The van der Waals surface area contributed by atoms with Crippen molar-refractivity contribution in [1.82, 2.24) is 4.98 Å². The highest BCUT2D eigenvalue weighted by atomic mass is 79.9. The van der Waals surface area contributed by atoms with Crippen molar-refractivity contribution >= 4 is 44.6 Å². The van der Waals surface area contributed by atoms with Crippen LogP contribution < -0.4 is 5.32 Å². The van der Waals surface area contributed by atoms with Crippen molar-refractivity contribution < 1.29 is 0 Å². The van der Waals surface area contributed by atoms with Gasteiger partial charge in [0, 0.05) is 15.8 Å². The maximum absolute atomic E-state index is 5.88. The van der Waals surface area contributed by atoms with E-state index in [1.165, 1.54) is 15.3 Å². The third-order valence-electron chi connectivity index (χ3n) is 2.73. The Bertz CT molecular complexity index is 568. The molecule has 0 aliphatic heterocycles. The Morgan fingerprint density at radius 1 is 1.39 bits per heavy atom. The van der Waals surface area contributed by atoms with E-state index in [0.717, 1.165) is 10.2 Å². The van der Waals surface area contributed by atoms with E-state index < -0.39 is 0 Å². The van der Waals surface area contributed by atoms with Gasteiger partial charge in [-0.25, -0.2) is 4.98 Å². The van der Waals surface area contributed by atoms with Gasteiger partial charge in [0.15, 0.2) is 0 Å². The molecule has 2 aromatic rings. The normalized spacial score (nSPS) is 12.5. The van der Waals surface area contributed by atoms with E-state index in [2.05, 4.69) is 53.1 Å². The van der Waals surface area contributed by atoms with Gasteiger partial charge >= 0.3 is 0 Å². The smallest absolute Gasteiger partial charge is 0.143 e. The van der Waals surface area contributed by atoms with Crippen molar-refractivity contribution in [2.24, 2.45) is 0 Å². The van der Waals surface area contributed by atoms with Gasteiger partial charge in [0.2, 0.25) is 0 Å². The van der Waals surface area contributed by atoms with E-state index in [9.17, 15) is 0 Å². The predicted molar refractivity (Wildman–Crippen MR) is 82.8 cm³/mol. The first-order valence-electron chi connectivity index (χ1n) is 5.62. The molecule has 18 heavy (non-hydrogen) atoms. The number of rotatable bonds is 3. The lowest BCUT2D eigenvalue weighted by Crippen LogP contribution is -2.07. The summed E-state index contributed by atoms with van der Waals surface area (Å²) in [6.45, 7) is 6.44. The summed E-state index contributed by atoms with van der Waals surface area (Å²) in [7, 11) is 0. The third-order valence-corrected chi connectivity index (χ3v) is 4.84. The van der Waals surface area contributed by atoms with Gasteiger partial charge in [0.25, 0.3) is 0 Å². The van der Waals surface area contributed by atoms with Gasteiger partial charge in [-0.1, -0.05) is 11.6 Å². The monoisotopic (exact) mass is 344 g/mol. The number of aromatic nitrogens is 1. The fourth-order valence-electron chi connectivity index (χ4n) is 1.91. The van der Waals surface area contributed by atoms with Gasteiger partial charge < -0.3 is 5.32 Å². The van der Waals surface area contributed by atoms with E-state index >= 15 is 0 Å². The quantitative estimate of drug-likeness (QED) is 0.759. The Balaban J connectivity index is 2.18. The Morgan fingerprint density at radius 2 is 2.11 bits per heavy atom. The van der Waals surface area contributed by atoms with E-state index in [4.69, 9.17) is 11.6 Å². The fourth-order valence-corrected chi connectivity index (χ4v) is 3.38. The van der Waals surface area contributed by atoms with Crippen molar-refractivity contribution in [2.45, 2.75) is 26.8 Å². The largest absolute Gasteiger partial charge is 0.377 e. The molecule has 0 aromatic carbocycles. The molecule has 0 aliphatic carbocycles. The van der Waals surface area contributed by atoms with Crippen LogP contribution in [0.4, 0.5) is 5.69 Å². The average molecular weight is 346 g/mol. The number of nitrogens with one attached hydrogen (secondary N) is 1.